The smallest absolute Gasteiger partial charge is 0.329 e. The van der Waals surface area contributed by atoms with Crippen molar-refractivity contribution in [3.8, 4) is 0 Å². The first-order chi connectivity index (χ1) is 11.7. The zero-order chi connectivity index (χ0) is 18.7. The highest BCUT2D eigenvalue weighted by atomic mass is 32.2. The van der Waals surface area contributed by atoms with Crippen LogP contribution in [0, 0.1) is 13.8 Å². The van der Waals surface area contributed by atoms with Gasteiger partial charge in [-0.1, -0.05) is 18.9 Å². The Balaban J connectivity index is 1.92. The molecule has 1 aliphatic carbocycles. The van der Waals surface area contributed by atoms with E-state index in [1.54, 1.807) is 12.1 Å². The third-order valence-electron chi connectivity index (χ3n) is 4.68. The Labute approximate surface area is 147 Å². The molecular weight excluding hydrogens is 344 g/mol. The first-order valence-corrected chi connectivity index (χ1v) is 9.76. The molecule has 1 fully saturated rings. The zero-order valence-corrected chi connectivity index (χ0v) is 15.3. The summed E-state index contributed by atoms with van der Waals surface area (Å²) in [4.78, 5) is 23.6. The molecule has 1 aromatic rings. The number of aliphatic carboxylic acids is 1. The summed E-state index contributed by atoms with van der Waals surface area (Å²) in [5, 5.41) is 11.9. The summed E-state index contributed by atoms with van der Waals surface area (Å²) in [6.45, 7) is 3.64. The number of benzene rings is 1. The summed E-state index contributed by atoms with van der Waals surface area (Å²) in [7, 11) is -3.70. The highest BCUT2D eigenvalue weighted by Crippen LogP contribution is 2.29. The minimum Gasteiger partial charge on any atom is -0.480 e. The second-order valence-electron chi connectivity index (χ2n) is 6.54. The van der Waals surface area contributed by atoms with Crippen LogP contribution in [-0.2, 0) is 19.6 Å². The first-order valence-electron chi connectivity index (χ1n) is 8.28. The highest BCUT2D eigenvalue weighted by molar-refractivity contribution is 7.89. The Hall–Kier alpha value is -1.93. The van der Waals surface area contributed by atoms with Crippen LogP contribution in [0.1, 0.15) is 43.2 Å². The number of sulfonamides is 1. The second kappa shape index (κ2) is 7.53. The van der Waals surface area contributed by atoms with Crippen molar-refractivity contribution in [2.45, 2.75) is 56.4 Å². The van der Waals surface area contributed by atoms with Crippen LogP contribution < -0.4 is 10.0 Å². The summed E-state index contributed by atoms with van der Waals surface area (Å²) < 4.78 is 26.9. The van der Waals surface area contributed by atoms with Crippen LogP contribution in [0.5, 0.6) is 0 Å². The van der Waals surface area contributed by atoms with Crippen LogP contribution in [0.3, 0.4) is 0 Å². The third-order valence-corrected chi connectivity index (χ3v) is 6.14. The van der Waals surface area contributed by atoms with Crippen molar-refractivity contribution >= 4 is 21.9 Å². The van der Waals surface area contributed by atoms with Crippen LogP contribution in [-0.4, -0.2) is 37.5 Å². The number of hydrogen-bond donors (Lipinski definition) is 3. The molecule has 8 heteroatoms. The maximum atomic E-state index is 12.3. The van der Waals surface area contributed by atoms with E-state index in [4.69, 9.17) is 0 Å². The molecule has 25 heavy (non-hydrogen) atoms. The molecule has 7 nitrogen and oxygen atoms in total. The van der Waals surface area contributed by atoms with Crippen molar-refractivity contribution < 1.29 is 23.1 Å². The SMILES string of the molecule is Cc1ccc(S(=O)(=O)NCCC(=O)NC2(C(=O)O)CCCC2)cc1C. The molecule has 0 bridgehead atoms. The normalized spacial score (nSPS) is 16.6. The fraction of sp³-hybridized carbons (Fsp3) is 0.529. The number of hydrogen-bond acceptors (Lipinski definition) is 4. The molecule has 0 radical (unpaired) electrons. The second-order valence-corrected chi connectivity index (χ2v) is 8.30. The number of amides is 1. The van der Waals surface area contributed by atoms with E-state index in [9.17, 15) is 23.1 Å². The molecule has 0 atom stereocenters. The predicted octanol–water partition coefficient (Wildman–Crippen LogP) is 1.49. The van der Waals surface area contributed by atoms with Gasteiger partial charge in [0.25, 0.3) is 0 Å². The van der Waals surface area contributed by atoms with Crippen LogP contribution in [0.2, 0.25) is 0 Å². The van der Waals surface area contributed by atoms with E-state index in [1.807, 2.05) is 13.8 Å². The van der Waals surface area contributed by atoms with Gasteiger partial charge in [-0.15, -0.1) is 0 Å². The van der Waals surface area contributed by atoms with Gasteiger partial charge in [0.1, 0.15) is 5.54 Å². The highest BCUT2D eigenvalue weighted by Gasteiger charge is 2.42. The van der Waals surface area contributed by atoms with Gasteiger partial charge in [-0.3, -0.25) is 4.79 Å². The summed E-state index contributed by atoms with van der Waals surface area (Å²) in [5.41, 5.74) is 0.656. The van der Waals surface area contributed by atoms with Gasteiger partial charge in [-0.25, -0.2) is 17.9 Å². The van der Waals surface area contributed by atoms with E-state index in [0.29, 0.717) is 12.8 Å². The van der Waals surface area contributed by atoms with Crippen molar-refractivity contribution in [3.63, 3.8) is 0 Å². The van der Waals surface area contributed by atoms with Crippen molar-refractivity contribution in [2.75, 3.05) is 6.54 Å². The lowest BCUT2D eigenvalue weighted by molar-refractivity contribution is -0.147. The lowest BCUT2D eigenvalue weighted by Gasteiger charge is -2.25. The van der Waals surface area contributed by atoms with Gasteiger partial charge in [0, 0.05) is 13.0 Å². The van der Waals surface area contributed by atoms with E-state index in [0.717, 1.165) is 24.0 Å². The Morgan fingerprint density at radius 2 is 1.80 bits per heavy atom. The summed E-state index contributed by atoms with van der Waals surface area (Å²) in [6.07, 6.45) is 2.21. The molecule has 0 saturated heterocycles. The van der Waals surface area contributed by atoms with Gasteiger partial charge >= 0.3 is 5.97 Å². The average Bonchev–Trinajstić information content (AvgIpc) is 2.99. The molecule has 0 aromatic heterocycles. The lowest BCUT2D eigenvalue weighted by atomic mass is 9.97. The number of carbonyl (C=O) groups is 2. The standard InChI is InChI=1S/C17H24N2O5S/c1-12-5-6-14(11-13(12)2)25(23,24)18-10-7-15(20)19-17(16(21)22)8-3-4-9-17/h5-6,11,18H,3-4,7-10H2,1-2H3,(H,19,20)(H,21,22). The Bertz CT molecular complexity index is 767. The number of aryl methyl sites for hydroxylation is 2. The van der Waals surface area contributed by atoms with Crippen LogP contribution in [0.15, 0.2) is 23.1 Å². The minimum atomic E-state index is -3.70. The topological polar surface area (TPSA) is 113 Å². The van der Waals surface area contributed by atoms with Gasteiger partial charge < -0.3 is 10.4 Å². The maximum Gasteiger partial charge on any atom is 0.329 e. The van der Waals surface area contributed by atoms with Crippen molar-refractivity contribution in [1.82, 2.24) is 10.0 Å². The fourth-order valence-electron chi connectivity index (χ4n) is 2.96. The van der Waals surface area contributed by atoms with Crippen LogP contribution >= 0.6 is 0 Å². The van der Waals surface area contributed by atoms with E-state index >= 15 is 0 Å². The summed E-state index contributed by atoms with van der Waals surface area (Å²) >= 11 is 0. The molecule has 0 spiro atoms. The number of carboxylic acids is 1. The van der Waals surface area contributed by atoms with Crippen molar-refractivity contribution in [3.05, 3.63) is 29.3 Å². The number of rotatable bonds is 7. The molecule has 138 valence electrons. The molecule has 1 amide bonds. The molecule has 0 unspecified atom stereocenters. The molecule has 1 aromatic carbocycles. The molecule has 0 heterocycles. The molecule has 2 rings (SSSR count). The Kier molecular flexibility index (Phi) is 5.84. The quantitative estimate of drug-likeness (QED) is 0.675. The molecule has 0 aliphatic heterocycles. The van der Waals surface area contributed by atoms with E-state index in [2.05, 4.69) is 10.0 Å². The first kappa shape index (κ1) is 19.4. The van der Waals surface area contributed by atoms with Crippen molar-refractivity contribution in [1.29, 1.82) is 0 Å². The predicted molar refractivity (Wildman–Crippen MR) is 92.7 cm³/mol. The van der Waals surface area contributed by atoms with E-state index < -0.39 is 27.4 Å². The van der Waals surface area contributed by atoms with Gasteiger partial charge in [0.15, 0.2) is 0 Å². The van der Waals surface area contributed by atoms with Crippen LogP contribution in [0.4, 0.5) is 0 Å². The average molecular weight is 368 g/mol. The molecule has 1 aliphatic rings. The number of carboxylic acid groups (broad SMARTS) is 1. The van der Waals surface area contributed by atoms with E-state index in [-0.39, 0.29) is 17.9 Å². The van der Waals surface area contributed by atoms with Crippen LogP contribution in [0.25, 0.3) is 0 Å². The largest absolute Gasteiger partial charge is 0.480 e. The maximum absolute atomic E-state index is 12.3. The van der Waals surface area contributed by atoms with E-state index in [1.165, 1.54) is 6.07 Å². The van der Waals surface area contributed by atoms with Crippen molar-refractivity contribution in [2.24, 2.45) is 0 Å². The Morgan fingerprint density at radius 1 is 1.16 bits per heavy atom. The third kappa shape index (κ3) is 4.58. The summed E-state index contributed by atoms with van der Waals surface area (Å²) in [6, 6.07) is 4.83. The zero-order valence-electron chi connectivity index (χ0n) is 14.5. The Morgan fingerprint density at radius 3 is 2.36 bits per heavy atom. The van der Waals surface area contributed by atoms with Gasteiger partial charge in [-0.05, 0) is 49.9 Å². The minimum absolute atomic E-state index is 0.0865. The lowest BCUT2D eigenvalue weighted by Crippen LogP contribution is -2.52. The molecular formula is C17H24N2O5S. The van der Waals surface area contributed by atoms with Gasteiger partial charge in [0.2, 0.25) is 15.9 Å². The fourth-order valence-corrected chi connectivity index (χ4v) is 4.08. The number of carbonyl (C=O) groups excluding carboxylic acids is 1. The van der Waals surface area contributed by atoms with Gasteiger partial charge in [0.05, 0.1) is 4.90 Å². The summed E-state index contributed by atoms with van der Waals surface area (Å²) in [5.74, 6) is -1.50. The number of nitrogens with one attached hydrogen (secondary N) is 2. The monoisotopic (exact) mass is 368 g/mol. The van der Waals surface area contributed by atoms with Gasteiger partial charge in [-0.2, -0.15) is 0 Å². The molecule has 3 N–H and O–H groups in total. The molecule has 1 saturated carbocycles.